The van der Waals surface area contributed by atoms with Crippen LogP contribution in [0.4, 0.5) is 5.69 Å². The van der Waals surface area contributed by atoms with E-state index in [-0.39, 0.29) is 12.1 Å². The zero-order valence-electron chi connectivity index (χ0n) is 16.7. The van der Waals surface area contributed by atoms with Crippen molar-refractivity contribution >= 4 is 28.3 Å². The zero-order valence-corrected chi connectivity index (χ0v) is 16.7. The Morgan fingerprint density at radius 2 is 1.68 bits per heavy atom. The van der Waals surface area contributed by atoms with Crippen molar-refractivity contribution in [3.63, 3.8) is 0 Å². The summed E-state index contributed by atoms with van der Waals surface area (Å²) in [6, 6.07) is 23.2. The van der Waals surface area contributed by atoms with Gasteiger partial charge in [-0.25, -0.2) is 9.48 Å². The number of fused-ring (bicyclic) bond motifs is 1. The number of amides is 1. The maximum absolute atomic E-state index is 12.4. The molecule has 0 saturated heterocycles. The average molecular weight is 413 g/mol. The van der Waals surface area contributed by atoms with Gasteiger partial charge in [0.2, 0.25) is 5.91 Å². The van der Waals surface area contributed by atoms with Crippen molar-refractivity contribution < 1.29 is 14.3 Å². The Balaban J connectivity index is 1.52. The SMILES string of the molecule is COC(=O)c1ccc(NC(=O)Cn2nc(-c3ccc4ccccc4c3)ccc2=O)cc1. The van der Waals surface area contributed by atoms with E-state index in [0.717, 1.165) is 21.0 Å². The molecule has 0 radical (unpaired) electrons. The summed E-state index contributed by atoms with van der Waals surface area (Å²) in [6.45, 7) is -0.237. The minimum Gasteiger partial charge on any atom is -0.465 e. The topological polar surface area (TPSA) is 90.3 Å². The Kier molecular flexibility index (Phi) is 5.57. The molecule has 0 aliphatic heterocycles. The van der Waals surface area contributed by atoms with Gasteiger partial charge in [0.25, 0.3) is 5.56 Å². The van der Waals surface area contributed by atoms with Crippen LogP contribution in [0.25, 0.3) is 22.0 Å². The lowest BCUT2D eigenvalue weighted by molar-refractivity contribution is -0.117. The van der Waals surface area contributed by atoms with E-state index in [0.29, 0.717) is 16.9 Å². The van der Waals surface area contributed by atoms with Crippen molar-refractivity contribution in [1.82, 2.24) is 9.78 Å². The lowest BCUT2D eigenvalue weighted by Crippen LogP contribution is -2.29. The summed E-state index contributed by atoms with van der Waals surface area (Å²) in [5.41, 5.74) is 1.95. The molecule has 1 amide bonds. The molecule has 31 heavy (non-hydrogen) atoms. The van der Waals surface area contributed by atoms with Crippen molar-refractivity contribution in [3.05, 3.63) is 94.8 Å². The molecule has 1 aromatic heterocycles. The molecule has 154 valence electrons. The first kappa shape index (κ1) is 20.0. The van der Waals surface area contributed by atoms with Crippen LogP contribution in [-0.2, 0) is 16.1 Å². The second kappa shape index (κ2) is 8.62. The molecule has 0 fully saturated rings. The fraction of sp³-hybridized carbons (Fsp3) is 0.0833. The number of hydrogen-bond donors (Lipinski definition) is 1. The van der Waals surface area contributed by atoms with Crippen molar-refractivity contribution in [2.75, 3.05) is 12.4 Å². The Labute approximate surface area is 177 Å². The Morgan fingerprint density at radius 1 is 0.935 bits per heavy atom. The highest BCUT2D eigenvalue weighted by atomic mass is 16.5. The minimum atomic E-state index is -0.459. The number of benzene rings is 3. The molecule has 1 heterocycles. The fourth-order valence-corrected chi connectivity index (χ4v) is 3.21. The zero-order chi connectivity index (χ0) is 21.8. The first-order valence-corrected chi connectivity index (χ1v) is 9.59. The number of aromatic nitrogens is 2. The molecule has 0 aliphatic carbocycles. The second-order valence-corrected chi connectivity index (χ2v) is 6.89. The summed E-state index contributed by atoms with van der Waals surface area (Å²) >= 11 is 0. The summed E-state index contributed by atoms with van der Waals surface area (Å²) in [4.78, 5) is 36.1. The highest BCUT2D eigenvalue weighted by Gasteiger charge is 2.10. The number of carbonyl (C=O) groups is 2. The van der Waals surface area contributed by atoms with Gasteiger partial charge < -0.3 is 10.1 Å². The molecule has 7 heteroatoms. The van der Waals surface area contributed by atoms with E-state index in [9.17, 15) is 14.4 Å². The minimum absolute atomic E-state index is 0.237. The maximum atomic E-state index is 12.4. The number of methoxy groups -OCH3 is 1. The molecule has 0 bridgehead atoms. The Bertz CT molecular complexity index is 1330. The standard InChI is InChI=1S/C24H19N3O4/c1-31-24(30)17-8-10-20(11-9-17)25-22(28)15-27-23(29)13-12-21(26-27)19-7-6-16-4-2-3-5-18(16)14-19/h2-14H,15H2,1H3,(H,25,28). The Morgan fingerprint density at radius 3 is 2.42 bits per heavy atom. The lowest BCUT2D eigenvalue weighted by atomic mass is 10.1. The largest absolute Gasteiger partial charge is 0.465 e. The Hall–Kier alpha value is -4.26. The van der Waals surface area contributed by atoms with E-state index in [1.54, 1.807) is 30.3 Å². The van der Waals surface area contributed by atoms with Crippen molar-refractivity contribution in [1.29, 1.82) is 0 Å². The third-order valence-corrected chi connectivity index (χ3v) is 4.79. The third-order valence-electron chi connectivity index (χ3n) is 4.79. The van der Waals surface area contributed by atoms with Crippen LogP contribution < -0.4 is 10.9 Å². The van der Waals surface area contributed by atoms with E-state index in [2.05, 4.69) is 15.2 Å². The number of rotatable bonds is 5. The van der Waals surface area contributed by atoms with Gasteiger partial charge in [-0.1, -0.05) is 36.4 Å². The van der Waals surface area contributed by atoms with Gasteiger partial charge in [-0.2, -0.15) is 5.10 Å². The predicted octanol–water partition coefficient (Wildman–Crippen LogP) is 3.49. The van der Waals surface area contributed by atoms with Crippen molar-refractivity contribution in [3.8, 4) is 11.3 Å². The highest BCUT2D eigenvalue weighted by molar-refractivity contribution is 5.93. The van der Waals surface area contributed by atoms with Gasteiger partial charge in [0, 0.05) is 17.3 Å². The average Bonchev–Trinajstić information content (AvgIpc) is 2.80. The van der Waals surface area contributed by atoms with Crippen LogP contribution in [0.2, 0.25) is 0 Å². The maximum Gasteiger partial charge on any atom is 0.337 e. The molecular weight excluding hydrogens is 394 g/mol. The van der Waals surface area contributed by atoms with Crippen LogP contribution in [0, 0.1) is 0 Å². The van der Waals surface area contributed by atoms with Crippen molar-refractivity contribution in [2.24, 2.45) is 0 Å². The lowest BCUT2D eigenvalue weighted by Gasteiger charge is -2.09. The summed E-state index contributed by atoms with van der Waals surface area (Å²) in [5.74, 6) is -0.866. The first-order valence-electron chi connectivity index (χ1n) is 9.59. The molecule has 0 saturated carbocycles. The number of nitrogens with zero attached hydrogens (tertiary/aromatic N) is 2. The number of anilines is 1. The van der Waals surface area contributed by atoms with Gasteiger partial charge in [-0.05, 0) is 47.2 Å². The molecule has 3 aromatic carbocycles. The second-order valence-electron chi connectivity index (χ2n) is 6.89. The van der Waals surface area contributed by atoms with E-state index >= 15 is 0 Å². The highest BCUT2D eigenvalue weighted by Crippen LogP contribution is 2.22. The van der Waals surface area contributed by atoms with Gasteiger partial charge in [0.05, 0.1) is 18.4 Å². The summed E-state index contributed by atoms with van der Waals surface area (Å²) < 4.78 is 5.78. The first-order chi connectivity index (χ1) is 15.0. The number of carbonyl (C=O) groups excluding carboxylic acids is 2. The summed E-state index contributed by atoms with van der Waals surface area (Å²) in [6.07, 6.45) is 0. The van der Waals surface area contributed by atoms with Gasteiger partial charge in [-0.15, -0.1) is 0 Å². The van der Waals surface area contributed by atoms with E-state index in [4.69, 9.17) is 0 Å². The molecule has 0 atom stereocenters. The number of hydrogen-bond acceptors (Lipinski definition) is 5. The third kappa shape index (κ3) is 4.51. The molecule has 7 nitrogen and oxygen atoms in total. The van der Waals surface area contributed by atoms with Crippen LogP contribution in [0.5, 0.6) is 0 Å². The molecule has 1 N–H and O–H groups in total. The smallest absolute Gasteiger partial charge is 0.337 e. The number of nitrogens with one attached hydrogen (secondary N) is 1. The van der Waals surface area contributed by atoms with Gasteiger partial charge in [0.15, 0.2) is 0 Å². The van der Waals surface area contributed by atoms with Crippen LogP contribution >= 0.6 is 0 Å². The van der Waals surface area contributed by atoms with E-state index in [1.807, 2.05) is 42.5 Å². The molecular formula is C24H19N3O4. The van der Waals surface area contributed by atoms with E-state index < -0.39 is 11.9 Å². The van der Waals surface area contributed by atoms with Crippen molar-refractivity contribution in [2.45, 2.75) is 6.54 Å². The quantitative estimate of drug-likeness (QED) is 0.506. The molecule has 0 aliphatic rings. The normalized spacial score (nSPS) is 10.6. The monoisotopic (exact) mass is 413 g/mol. The van der Waals surface area contributed by atoms with Gasteiger partial charge >= 0.3 is 5.97 Å². The van der Waals surface area contributed by atoms with Crippen LogP contribution in [0.3, 0.4) is 0 Å². The molecule has 0 unspecified atom stereocenters. The number of ether oxygens (including phenoxy) is 1. The van der Waals surface area contributed by atoms with Crippen LogP contribution in [-0.4, -0.2) is 28.8 Å². The summed E-state index contributed by atoms with van der Waals surface area (Å²) in [5, 5.41) is 9.23. The molecule has 4 aromatic rings. The van der Waals surface area contributed by atoms with Crippen LogP contribution in [0.1, 0.15) is 10.4 Å². The van der Waals surface area contributed by atoms with Crippen LogP contribution in [0.15, 0.2) is 83.7 Å². The predicted molar refractivity (Wildman–Crippen MR) is 118 cm³/mol. The molecule has 0 spiro atoms. The van der Waals surface area contributed by atoms with Gasteiger partial charge in [0.1, 0.15) is 6.54 Å². The summed E-state index contributed by atoms with van der Waals surface area (Å²) in [7, 11) is 1.30. The van der Waals surface area contributed by atoms with Gasteiger partial charge in [-0.3, -0.25) is 9.59 Å². The number of esters is 1. The fourth-order valence-electron chi connectivity index (χ4n) is 3.21. The molecule has 4 rings (SSSR count). The van der Waals surface area contributed by atoms with E-state index in [1.165, 1.54) is 13.2 Å².